The van der Waals surface area contributed by atoms with Crippen molar-refractivity contribution in [3.63, 3.8) is 0 Å². The Balaban J connectivity index is 1.82. The highest BCUT2D eigenvalue weighted by Gasteiger charge is 2.24. The summed E-state index contributed by atoms with van der Waals surface area (Å²) < 4.78 is 0.947. The number of hydrogen-bond acceptors (Lipinski definition) is 4. The van der Waals surface area contributed by atoms with Gasteiger partial charge in [0.1, 0.15) is 0 Å². The van der Waals surface area contributed by atoms with Crippen molar-refractivity contribution in [2.75, 3.05) is 4.90 Å². The lowest BCUT2D eigenvalue weighted by Crippen LogP contribution is -2.31. The molecule has 0 aliphatic heterocycles. The Morgan fingerprint density at radius 1 is 1.07 bits per heavy atom. The zero-order valence-corrected chi connectivity index (χ0v) is 18.3. The van der Waals surface area contributed by atoms with Crippen LogP contribution in [-0.2, 0) is 6.54 Å². The molecule has 0 aliphatic rings. The predicted molar refractivity (Wildman–Crippen MR) is 121 cm³/mol. The van der Waals surface area contributed by atoms with Gasteiger partial charge in [-0.3, -0.25) is 14.7 Å². The second kappa shape index (κ2) is 8.28. The molecular formula is C21H14Cl3N3OS. The molecular weight excluding hydrogens is 449 g/mol. The summed E-state index contributed by atoms with van der Waals surface area (Å²) in [4.78, 5) is 24.1. The van der Waals surface area contributed by atoms with Gasteiger partial charge in [-0.2, -0.15) is 0 Å². The number of aromatic nitrogens is 2. The van der Waals surface area contributed by atoms with Crippen molar-refractivity contribution in [2.45, 2.75) is 13.5 Å². The van der Waals surface area contributed by atoms with Crippen LogP contribution in [0.4, 0.5) is 5.13 Å². The average molecular weight is 463 g/mol. The van der Waals surface area contributed by atoms with Crippen LogP contribution in [0.2, 0.25) is 15.1 Å². The molecule has 29 heavy (non-hydrogen) atoms. The lowest BCUT2D eigenvalue weighted by Gasteiger charge is -2.20. The highest BCUT2D eigenvalue weighted by atomic mass is 35.5. The second-order valence-corrected chi connectivity index (χ2v) is 8.61. The first kappa shape index (κ1) is 20.1. The van der Waals surface area contributed by atoms with E-state index >= 15 is 0 Å². The van der Waals surface area contributed by atoms with Gasteiger partial charge >= 0.3 is 0 Å². The first-order valence-corrected chi connectivity index (χ1v) is 10.6. The fraction of sp³-hybridized carbons (Fsp3) is 0.0952. The topological polar surface area (TPSA) is 46.1 Å². The van der Waals surface area contributed by atoms with Crippen molar-refractivity contribution in [3.8, 4) is 0 Å². The summed E-state index contributed by atoms with van der Waals surface area (Å²) in [6, 6.07) is 14.1. The molecule has 146 valence electrons. The van der Waals surface area contributed by atoms with Gasteiger partial charge in [-0.05, 0) is 55.0 Å². The molecule has 0 N–H and O–H groups in total. The van der Waals surface area contributed by atoms with Crippen LogP contribution in [0.3, 0.4) is 0 Å². The smallest absolute Gasteiger partial charge is 0.261 e. The molecule has 4 rings (SSSR count). The van der Waals surface area contributed by atoms with Gasteiger partial charge in [0.25, 0.3) is 5.91 Å². The van der Waals surface area contributed by atoms with E-state index in [9.17, 15) is 4.79 Å². The summed E-state index contributed by atoms with van der Waals surface area (Å²) in [5.41, 5.74) is 2.74. The Labute approximate surface area is 186 Å². The minimum absolute atomic E-state index is 0.255. The fourth-order valence-corrected chi connectivity index (χ4v) is 4.56. The summed E-state index contributed by atoms with van der Waals surface area (Å²) in [7, 11) is 0. The molecule has 0 radical (unpaired) electrons. The molecule has 2 aromatic heterocycles. The number of carbonyl (C=O) groups is 1. The first-order valence-electron chi connectivity index (χ1n) is 8.66. The summed E-state index contributed by atoms with van der Waals surface area (Å²) in [5.74, 6) is -0.278. The lowest BCUT2D eigenvalue weighted by atomic mass is 10.2. The normalized spacial score (nSPS) is 11.0. The SMILES string of the molecule is Cc1c(Cl)ccc2sc(N(Cc3ccccn3)C(=O)c3ccc(Cl)cc3Cl)nc12. The molecule has 1 amide bonds. The zero-order chi connectivity index (χ0) is 20.5. The molecule has 0 saturated heterocycles. The van der Waals surface area contributed by atoms with Crippen molar-refractivity contribution < 1.29 is 4.79 Å². The highest BCUT2D eigenvalue weighted by molar-refractivity contribution is 7.22. The third kappa shape index (κ3) is 4.09. The number of thiazole rings is 1. The maximum absolute atomic E-state index is 13.4. The molecule has 0 bridgehead atoms. The number of hydrogen-bond donors (Lipinski definition) is 0. The van der Waals surface area contributed by atoms with Gasteiger partial charge in [0.15, 0.2) is 5.13 Å². The van der Waals surface area contributed by atoms with Crippen molar-refractivity contribution in [1.29, 1.82) is 0 Å². The van der Waals surface area contributed by atoms with Crippen LogP contribution in [0.15, 0.2) is 54.7 Å². The fourth-order valence-electron chi connectivity index (χ4n) is 2.89. The number of halogens is 3. The standard InChI is InChI=1S/C21H14Cl3N3OS/c1-12-16(23)7-8-18-19(12)26-21(29-18)27(11-14-4-2-3-9-25-14)20(28)15-6-5-13(22)10-17(15)24/h2-10H,11H2,1H3. The second-order valence-electron chi connectivity index (χ2n) is 6.35. The van der Waals surface area contributed by atoms with Gasteiger partial charge in [0.2, 0.25) is 0 Å². The molecule has 0 fully saturated rings. The van der Waals surface area contributed by atoms with E-state index in [0.29, 0.717) is 20.7 Å². The monoisotopic (exact) mass is 461 g/mol. The van der Waals surface area contributed by atoms with Crippen LogP contribution in [0.1, 0.15) is 21.6 Å². The molecule has 4 aromatic rings. The van der Waals surface area contributed by atoms with Crippen LogP contribution in [-0.4, -0.2) is 15.9 Å². The molecule has 0 saturated carbocycles. The molecule has 4 nitrogen and oxygen atoms in total. The third-order valence-corrected chi connectivity index (χ3v) is 6.42. The van der Waals surface area contributed by atoms with E-state index in [1.165, 1.54) is 11.3 Å². The maximum atomic E-state index is 13.4. The molecule has 0 aliphatic carbocycles. The number of rotatable bonds is 4. The van der Waals surface area contributed by atoms with Crippen LogP contribution >= 0.6 is 46.1 Å². The van der Waals surface area contributed by atoms with Crippen molar-refractivity contribution in [1.82, 2.24) is 9.97 Å². The Morgan fingerprint density at radius 2 is 1.90 bits per heavy atom. The van der Waals surface area contributed by atoms with Gasteiger partial charge < -0.3 is 0 Å². The highest BCUT2D eigenvalue weighted by Crippen LogP contribution is 2.35. The molecule has 0 spiro atoms. The molecule has 2 aromatic carbocycles. The van der Waals surface area contributed by atoms with Gasteiger partial charge in [0, 0.05) is 16.2 Å². The number of aryl methyl sites for hydroxylation is 1. The van der Waals surface area contributed by atoms with Gasteiger partial charge in [-0.1, -0.05) is 52.2 Å². The van der Waals surface area contributed by atoms with E-state index in [4.69, 9.17) is 39.8 Å². The number of nitrogens with zero attached hydrogens (tertiary/aromatic N) is 3. The van der Waals surface area contributed by atoms with E-state index in [1.807, 2.05) is 37.3 Å². The van der Waals surface area contributed by atoms with Crippen molar-refractivity contribution in [2.24, 2.45) is 0 Å². The number of pyridine rings is 1. The van der Waals surface area contributed by atoms with Crippen LogP contribution in [0.25, 0.3) is 10.2 Å². The van der Waals surface area contributed by atoms with Gasteiger partial charge in [-0.15, -0.1) is 0 Å². The number of amides is 1. The summed E-state index contributed by atoms with van der Waals surface area (Å²) in [6.07, 6.45) is 1.69. The third-order valence-electron chi connectivity index (χ3n) is 4.42. The summed E-state index contributed by atoms with van der Waals surface area (Å²) in [6.45, 7) is 2.17. The first-order chi connectivity index (χ1) is 13.9. The van der Waals surface area contributed by atoms with E-state index in [2.05, 4.69) is 4.98 Å². The molecule has 8 heteroatoms. The Kier molecular flexibility index (Phi) is 5.74. The average Bonchev–Trinajstić information content (AvgIpc) is 3.14. The predicted octanol–water partition coefficient (Wildman–Crippen LogP) is 6.81. The Bertz CT molecular complexity index is 1210. The lowest BCUT2D eigenvalue weighted by molar-refractivity contribution is 0.0985. The maximum Gasteiger partial charge on any atom is 0.261 e. The molecule has 0 unspecified atom stereocenters. The van der Waals surface area contributed by atoms with E-state index < -0.39 is 0 Å². The zero-order valence-electron chi connectivity index (χ0n) is 15.2. The number of fused-ring (bicyclic) bond motifs is 1. The number of anilines is 1. The van der Waals surface area contributed by atoms with Crippen molar-refractivity contribution >= 4 is 67.4 Å². The number of carbonyl (C=O) groups excluding carboxylic acids is 1. The van der Waals surface area contributed by atoms with Crippen LogP contribution in [0, 0.1) is 6.92 Å². The van der Waals surface area contributed by atoms with Crippen LogP contribution < -0.4 is 4.90 Å². The molecule has 0 atom stereocenters. The Hall–Kier alpha value is -2.18. The summed E-state index contributed by atoms with van der Waals surface area (Å²) in [5, 5.41) is 1.94. The quantitative estimate of drug-likeness (QED) is 0.335. The van der Waals surface area contributed by atoms with Gasteiger partial charge in [0.05, 0.1) is 33.0 Å². The minimum Gasteiger partial charge on any atom is -0.278 e. The van der Waals surface area contributed by atoms with Gasteiger partial charge in [-0.25, -0.2) is 4.98 Å². The number of benzene rings is 2. The molecule has 2 heterocycles. The van der Waals surface area contributed by atoms with E-state index in [0.717, 1.165) is 21.5 Å². The van der Waals surface area contributed by atoms with E-state index in [-0.39, 0.29) is 17.5 Å². The largest absolute Gasteiger partial charge is 0.278 e. The van der Waals surface area contributed by atoms with E-state index in [1.54, 1.807) is 29.3 Å². The van der Waals surface area contributed by atoms with Crippen molar-refractivity contribution in [3.05, 3.63) is 86.6 Å². The Morgan fingerprint density at radius 3 is 2.62 bits per heavy atom. The minimum atomic E-state index is -0.278. The van der Waals surface area contributed by atoms with Crippen LogP contribution in [0.5, 0.6) is 0 Å². The summed E-state index contributed by atoms with van der Waals surface area (Å²) >= 11 is 20.0.